The zero-order valence-electron chi connectivity index (χ0n) is 12.6. The van der Waals surface area contributed by atoms with Crippen molar-refractivity contribution in [3.05, 3.63) is 35.4 Å². The zero-order valence-corrected chi connectivity index (χ0v) is 12.6. The Morgan fingerprint density at radius 3 is 2.75 bits per heavy atom. The Morgan fingerprint density at radius 1 is 1.40 bits per heavy atom. The van der Waals surface area contributed by atoms with Crippen molar-refractivity contribution in [3.63, 3.8) is 0 Å². The molecule has 1 aliphatic heterocycles. The molecule has 3 atom stereocenters. The normalized spacial score (nSPS) is 27.9. The van der Waals surface area contributed by atoms with Crippen molar-refractivity contribution in [2.24, 2.45) is 5.92 Å². The highest BCUT2D eigenvalue weighted by Gasteiger charge is 2.45. The van der Waals surface area contributed by atoms with Crippen LogP contribution in [0.25, 0.3) is 0 Å². The third-order valence-corrected chi connectivity index (χ3v) is 4.70. The molecule has 1 amide bonds. The molecule has 108 valence electrons. The highest BCUT2D eigenvalue weighted by molar-refractivity contribution is 5.85. The van der Waals surface area contributed by atoms with Gasteiger partial charge in [-0.2, -0.15) is 0 Å². The second-order valence-electron chi connectivity index (χ2n) is 6.27. The molecule has 2 aliphatic rings. The van der Waals surface area contributed by atoms with E-state index in [-0.39, 0.29) is 18.1 Å². The standard InChI is InChI=1S/C17H24N2O/c1-4-15-17(20)19(12(3)13-8-9-13)16(18-15)14-7-5-6-11(2)10-14/h5-7,10,12-13,15-16,18H,4,8-9H2,1-3H3. The summed E-state index contributed by atoms with van der Waals surface area (Å²) >= 11 is 0. The van der Waals surface area contributed by atoms with E-state index in [4.69, 9.17) is 0 Å². The molecule has 0 bridgehead atoms. The lowest BCUT2D eigenvalue weighted by molar-refractivity contribution is -0.132. The minimum Gasteiger partial charge on any atom is -0.319 e. The molecule has 1 saturated heterocycles. The van der Waals surface area contributed by atoms with Crippen molar-refractivity contribution in [2.75, 3.05) is 0 Å². The summed E-state index contributed by atoms with van der Waals surface area (Å²) in [7, 11) is 0. The summed E-state index contributed by atoms with van der Waals surface area (Å²) in [5, 5.41) is 3.52. The molecule has 0 aromatic heterocycles. The predicted molar refractivity (Wildman–Crippen MR) is 80.2 cm³/mol. The maximum absolute atomic E-state index is 12.6. The number of nitrogens with zero attached hydrogens (tertiary/aromatic N) is 1. The van der Waals surface area contributed by atoms with Gasteiger partial charge in [0.2, 0.25) is 5.91 Å². The van der Waals surface area contributed by atoms with Gasteiger partial charge in [0.05, 0.1) is 6.04 Å². The molecule has 20 heavy (non-hydrogen) atoms. The fourth-order valence-electron chi connectivity index (χ4n) is 3.28. The van der Waals surface area contributed by atoms with Crippen LogP contribution in [0.2, 0.25) is 0 Å². The summed E-state index contributed by atoms with van der Waals surface area (Å²) < 4.78 is 0. The van der Waals surface area contributed by atoms with Crippen LogP contribution in [0, 0.1) is 12.8 Å². The van der Waals surface area contributed by atoms with Gasteiger partial charge in [-0.1, -0.05) is 36.8 Å². The first kappa shape index (κ1) is 13.6. The highest BCUT2D eigenvalue weighted by atomic mass is 16.2. The summed E-state index contributed by atoms with van der Waals surface area (Å²) in [6.07, 6.45) is 3.43. The van der Waals surface area contributed by atoms with Gasteiger partial charge in [0.15, 0.2) is 0 Å². The molecule has 1 heterocycles. The summed E-state index contributed by atoms with van der Waals surface area (Å²) in [5.41, 5.74) is 2.46. The molecule has 1 N–H and O–H groups in total. The minimum absolute atomic E-state index is 0.0262. The largest absolute Gasteiger partial charge is 0.319 e. The van der Waals surface area contributed by atoms with Crippen LogP contribution in [0.15, 0.2) is 24.3 Å². The number of carbonyl (C=O) groups is 1. The van der Waals surface area contributed by atoms with Crippen LogP contribution in [0.5, 0.6) is 0 Å². The van der Waals surface area contributed by atoms with Crippen molar-refractivity contribution >= 4 is 5.91 Å². The Morgan fingerprint density at radius 2 is 2.15 bits per heavy atom. The molecule has 3 rings (SSSR count). The lowest BCUT2D eigenvalue weighted by Gasteiger charge is -2.31. The van der Waals surface area contributed by atoms with Crippen LogP contribution in [0.1, 0.15) is 50.4 Å². The second-order valence-corrected chi connectivity index (χ2v) is 6.27. The van der Waals surface area contributed by atoms with Crippen LogP contribution in [-0.4, -0.2) is 22.9 Å². The van der Waals surface area contributed by atoms with Gasteiger partial charge >= 0.3 is 0 Å². The van der Waals surface area contributed by atoms with E-state index >= 15 is 0 Å². The average molecular weight is 272 g/mol. The number of hydrogen-bond donors (Lipinski definition) is 1. The number of amides is 1. The number of rotatable bonds is 4. The molecule has 2 fully saturated rings. The molecule has 3 heteroatoms. The molecule has 1 aromatic rings. The van der Waals surface area contributed by atoms with Crippen molar-refractivity contribution in [1.82, 2.24) is 10.2 Å². The van der Waals surface area contributed by atoms with Gasteiger partial charge in [-0.3, -0.25) is 10.1 Å². The van der Waals surface area contributed by atoms with Crippen molar-refractivity contribution in [3.8, 4) is 0 Å². The van der Waals surface area contributed by atoms with Crippen LogP contribution in [0.3, 0.4) is 0 Å². The number of aryl methyl sites for hydroxylation is 1. The summed E-state index contributed by atoms with van der Waals surface area (Å²) in [5.74, 6) is 0.974. The number of nitrogens with one attached hydrogen (secondary N) is 1. The predicted octanol–water partition coefficient (Wildman–Crippen LogP) is 3.00. The van der Waals surface area contributed by atoms with E-state index in [1.165, 1.54) is 24.0 Å². The van der Waals surface area contributed by atoms with E-state index in [2.05, 4.69) is 55.3 Å². The molecule has 0 spiro atoms. The van der Waals surface area contributed by atoms with Crippen LogP contribution in [0.4, 0.5) is 0 Å². The molecule has 0 radical (unpaired) electrons. The number of benzene rings is 1. The fraction of sp³-hybridized carbons (Fsp3) is 0.588. The smallest absolute Gasteiger partial charge is 0.241 e. The van der Waals surface area contributed by atoms with Gasteiger partial charge in [-0.05, 0) is 44.6 Å². The van der Waals surface area contributed by atoms with Gasteiger partial charge in [-0.25, -0.2) is 0 Å². The number of carbonyl (C=O) groups excluding carboxylic acids is 1. The topological polar surface area (TPSA) is 32.3 Å². The van der Waals surface area contributed by atoms with Crippen LogP contribution < -0.4 is 5.32 Å². The lowest BCUT2D eigenvalue weighted by atomic mass is 10.1. The van der Waals surface area contributed by atoms with Crippen LogP contribution in [-0.2, 0) is 4.79 Å². The SMILES string of the molecule is CCC1NC(c2cccc(C)c2)N(C(C)C2CC2)C1=O. The Labute approximate surface area is 121 Å². The molecular weight excluding hydrogens is 248 g/mol. The van der Waals surface area contributed by atoms with E-state index < -0.39 is 0 Å². The van der Waals surface area contributed by atoms with E-state index in [1.54, 1.807) is 0 Å². The van der Waals surface area contributed by atoms with Crippen LogP contribution >= 0.6 is 0 Å². The summed E-state index contributed by atoms with van der Waals surface area (Å²) in [6, 6.07) is 8.82. The first-order chi connectivity index (χ1) is 9.61. The molecule has 1 saturated carbocycles. The molecule has 3 nitrogen and oxygen atoms in total. The Hall–Kier alpha value is -1.35. The lowest BCUT2D eigenvalue weighted by Crippen LogP contribution is -2.39. The first-order valence-electron chi connectivity index (χ1n) is 7.76. The first-order valence-corrected chi connectivity index (χ1v) is 7.76. The van der Waals surface area contributed by atoms with Crippen molar-refractivity contribution < 1.29 is 4.79 Å². The Kier molecular flexibility index (Phi) is 3.55. The third kappa shape index (κ3) is 2.35. The van der Waals surface area contributed by atoms with E-state index in [0.29, 0.717) is 12.0 Å². The molecular formula is C17H24N2O. The highest BCUT2D eigenvalue weighted by Crippen LogP contribution is 2.40. The number of hydrogen-bond acceptors (Lipinski definition) is 2. The second kappa shape index (κ2) is 5.21. The fourth-order valence-corrected chi connectivity index (χ4v) is 3.28. The Balaban J connectivity index is 1.91. The molecule has 3 unspecified atom stereocenters. The zero-order chi connectivity index (χ0) is 14.3. The van der Waals surface area contributed by atoms with Gasteiger partial charge in [0.25, 0.3) is 0 Å². The monoisotopic (exact) mass is 272 g/mol. The third-order valence-electron chi connectivity index (χ3n) is 4.70. The maximum atomic E-state index is 12.6. The molecule has 1 aliphatic carbocycles. The summed E-state index contributed by atoms with van der Waals surface area (Å²) in [6.45, 7) is 6.39. The molecule has 1 aromatic carbocycles. The Bertz CT molecular complexity index is 509. The summed E-state index contributed by atoms with van der Waals surface area (Å²) in [4.78, 5) is 14.7. The van der Waals surface area contributed by atoms with E-state index in [1.807, 2.05) is 0 Å². The van der Waals surface area contributed by atoms with Gasteiger partial charge in [0, 0.05) is 6.04 Å². The quantitative estimate of drug-likeness (QED) is 0.914. The van der Waals surface area contributed by atoms with Gasteiger partial charge in [0.1, 0.15) is 6.17 Å². The van der Waals surface area contributed by atoms with Gasteiger partial charge < -0.3 is 4.90 Å². The van der Waals surface area contributed by atoms with E-state index in [0.717, 1.165) is 6.42 Å². The maximum Gasteiger partial charge on any atom is 0.241 e. The van der Waals surface area contributed by atoms with Crippen molar-refractivity contribution in [1.29, 1.82) is 0 Å². The minimum atomic E-state index is -0.0262. The van der Waals surface area contributed by atoms with E-state index in [9.17, 15) is 4.79 Å². The van der Waals surface area contributed by atoms with Gasteiger partial charge in [-0.15, -0.1) is 0 Å². The van der Waals surface area contributed by atoms with Crippen molar-refractivity contribution in [2.45, 2.75) is 58.3 Å². The average Bonchev–Trinajstić information content (AvgIpc) is 3.22.